The predicted molar refractivity (Wildman–Crippen MR) is 44.4 cm³/mol. The van der Waals surface area contributed by atoms with Gasteiger partial charge in [-0.3, -0.25) is 4.98 Å². The highest BCUT2D eigenvalue weighted by Crippen LogP contribution is 2.06. The van der Waals surface area contributed by atoms with Gasteiger partial charge in [0.15, 0.2) is 0 Å². The Morgan fingerprint density at radius 2 is 2.36 bits per heavy atom. The zero-order valence-electron chi connectivity index (χ0n) is 5.90. The summed E-state index contributed by atoms with van der Waals surface area (Å²) in [7, 11) is 0. The lowest BCUT2D eigenvalue weighted by atomic mass is 10.1. The first kappa shape index (κ1) is 10.3. The number of alkyl halides is 1. The molecule has 0 aromatic carbocycles. The smallest absolute Gasteiger partial charge is 0.109 e. The third kappa shape index (κ3) is 2.82. The SMILES string of the molecule is Cl.N[C@H](CF)c1cccnc1. The molecule has 1 aromatic rings. The van der Waals surface area contributed by atoms with Crippen LogP contribution in [0.25, 0.3) is 0 Å². The van der Waals surface area contributed by atoms with Gasteiger partial charge in [0, 0.05) is 12.4 Å². The van der Waals surface area contributed by atoms with E-state index in [0.717, 1.165) is 5.56 Å². The molecule has 62 valence electrons. The highest BCUT2D eigenvalue weighted by molar-refractivity contribution is 5.85. The van der Waals surface area contributed by atoms with Crippen molar-refractivity contribution >= 4 is 12.4 Å². The summed E-state index contributed by atoms with van der Waals surface area (Å²) in [6.45, 7) is -0.536. The van der Waals surface area contributed by atoms with Crippen LogP contribution in [0.4, 0.5) is 4.39 Å². The summed E-state index contributed by atoms with van der Waals surface area (Å²) in [5.74, 6) is 0. The first-order valence-corrected chi connectivity index (χ1v) is 3.06. The molecule has 4 heteroatoms. The Labute approximate surface area is 71.0 Å². The average Bonchev–Trinajstić information content (AvgIpc) is 2.05. The van der Waals surface area contributed by atoms with Crippen LogP contribution in [0.2, 0.25) is 0 Å². The fourth-order valence-corrected chi connectivity index (χ4v) is 0.684. The number of pyridine rings is 1. The van der Waals surface area contributed by atoms with Gasteiger partial charge in [-0.1, -0.05) is 6.07 Å². The summed E-state index contributed by atoms with van der Waals surface area (Å²) >= 11 is 0. The minimum atomic E-state index is -0.536. The van der Waals surface area contributed by atoms with E-state index in [0.29, 0.717) is 0 Å². The fourth-order valence-electron chi connectivity index (χ4n) is 0.684. The number of rotatable bonds is 2. The second-order valence-electron chi connectivity index (χ2n) is 2.05. The van der Waals surface area contributed by atoms with Crippen LogP contribution in [0.5, 0.6) is 0 Å². The first-order valence-electron chi connectivity index (χ1n) is 3.06. The van der Waals surface area contributed by atoms with Crippen molar-refractivity contribution in [3.05, 3.63) is 30.1 Å². The summed E-state index contributed by atoms with van der Waals surface area (Å²) < 4.78 is 11.9. The molecule has 0 amide bonds. The molecule has 0 aliphatic carbocycles. The largest absolute Gasteiger partial charge is 0.322 e. The van der Waals surface area contributed by atoms with E-state index in [1.165, 1.54) is 0 Å². The van der Waals surface area contributed by atoms with Crippen molar-refractivity contribution in [3.63, 3.8) is 0 Å². The number of hydrogen-bond donors (Lipinski definition) is 1. The highest BCUT2D eigenvalue weighted by Gasteiger charge is 2.02. The maximum absolute atomic E-state index is 11.9. The normalized spacial score (nSPS) is 11.8. The molecule has 2 N–H and O–H groups in total. The van der Waals surface area contributed by atoms with Crippen LogP contribution < -0.4 is 5.73 Å². The van der Waals surface area contributed by atoms with E-state index >= 15 is 0 Å². The van der Waals surface area contributed by atoms with Gasteiger partial charge < -0.3 is 5.73 Å². The van der Waals surface area contributed by atoms with Crippen LogP contribution in [0, 0.1) is 0 Å². The molecule has 1 atom stereocenters. The molecule has 0 bridgehead atoms. The molecule has 2 nitrogen and oxygen atoms in total. The summed E-state index contributed by atoms with van der Waals surface area (Å²) in [4.78, 5) is 3.81. The van der Waals surface area contributed by atoms with Crippen molar-refractivity contribution < 1.29 is 4.39 Å². The van der Waals surface area contributed by atoms with Crippen molar-refractivity contribution in [2.75, 3.05) is 6.67 Å². The number of hydrogen-bond acceptors (Lipinski definition) is 2. The lowest BCUT2D eigenvalue weighted by molar-refractivity contribution is 0.436. The van der Waals surface area contributed by atoms with Crippen molar-refractivity contribution in [3.8, 4) is 0 Å². The van der Waals surface area contributed by atoms with Crippen LogP contribution in [0.15, 0.2) is 24.5 Å². The molecule has 0 radical (unpaired) electrons. The topological polar surface area (TPSA) is 38.9 Å². The minimum absolute atomic E-state index is 0. The molecular weight excluding hydrogens is 167 g/mol. The molecule has 1 aromatic heterocycles. The van der Waals surface area contributed by atoms with Crippen molar-refractivity contribution in [2.45, 2.75) is 6.04 Å². The Balaban J connectivity index is 0.000001000. The lowest BCUT2D eigenvalue weighted by Gasteiger charge is -2.04. The van der Waals surface area contributed by atoms with Gasteiger partial charge in [0.2, 0.25) is 0 Å². The Bertz CT molecular complexity index is 193. The van der Waals surface area contributed by atoms with Crippen LogP contribution >= 0.6 is 12.4 Å². The second kappa shape index (κ2) is 5.04. The van der Waals surface area contributed by atoms with Gasteiger partial charge >= 0.3 is 0 Å². The van der Waals surface area contributed by atoms with Crippen LogP contribution in [-0.2, 0) is 0 Å². The fraction of sp³-hybridized carbons (Fsp3) is 0.286. The molecule has 11 heavy (non-hydrogen) atoms. The molecule has 0 saturated carbocycles. The van der Waals surface area contributed by atoms with E-state index in [9.17, 15) is 4.39 Å². The maximum atomic E-state index is 11.9. The van der Waals surface area contributed by atoms with Gasteiger partial charge in [-0.15, -0.1) is 12.4 Å². The van der Waals surface area contributed by atoms with E-state index in [1.54, 1.807) is 24.5 Å². The van der Waals surface area contributed by atoms with E-state index in [1.807, 2.05) is 0 Å². The van der Waals surface area contributed by atoms with Gasteiger partial charge in [-0.2, -0.15) is 0 Å². The molecule has 0 spiro atoms. The van der Waals surface area contributed by atoms with E-state index < -0.39 is 12.7 Å². The molecular formula is C7H10ClFN2. The predicted octanol–water partition coefficient (Wildman–Crippen LogP) is 1.47. The summed E-state index contributed by atoms with van der Waals surface area (Å²) in [6.07, 6.45) is 3.21. The molecule has 1 heterocycles. The van der Waals surface area contributed by atoms with Crippen LogP contribution in [-0.4, -0.2) is 11.7 Å². The molecule has 0 fully saturated rings. The Kier molecular flexibility index (Phi) is 4.74. The van der Waals surface area contributed by atoms with Crippen molar-refractivity contribution in [1.82, 2.24) is 4.98 Å². The number of aromatic nitrogens is 1. The third-order valence-corrected chi connectivity index (χ3v) is 1.28. The van der Waals surface area contributed by atoms with Crippen molar-refractivity contribution in [2.24, 2.45) is 5.73 Å². The zero-order chi connectivity index (χ0) is 7.40. The quantitative estimate of drug-likeness (QED) is 0.741. The maximum Gasteiger partial charge on any atom is 0.109 e. The van der Waals surface area contributed by atoms with Gasteiger partial charge in [-0.05, 0) is 11.6 Å². The van der Waals surface area contributed by atoms with E-state index in [2.05, 4.69) is 4.98 Å². The van der Waals surface area contributed by atoms with Gasteiger partial charge in [0.1, 0.15) is 6.67 Å². The number of nitrogens with zero attached hydrogens (tertiary/aromatic N) is 1. The molecule has 0 saturated heterocycles. The molecule has 0 aliphatic rings. The van der Waals surface area contributed by atoms with E-state index in [4.69, 9.17) is 5.73 Å². The first-order chi connectivity index (χ1) is 4.84. The van der Waals surface area contributed by atoms with Gasteiger partial charge in [0.05, 0.1) is 6.04 Å². The number of halogens is 2. The summed E-state index contributed by atoms with van der Waals surface area (Å²) in [6, 6.07) is 2.98. The average molecular weight is 177 g/mol. The molecule has 1 rings (SSSR count). The Morgan fingerprint density at radius 3 is 2.82 bits per heavy atom. The minimum Gasteiger partial charge on any atom is -0.322 e. The van der Waals surface area contributed by atoms with Crippen molar-refractivity contribution in [1.29, 1.82) is 0 Å². The zero-order valence-corrected chi connectivity index (χ0v) is 6.72. The summed E-state index contributed by atoms with van der Waals surface area (Å²) in [5, 5.41) is 0. The van der Waals surface area contributed by atoms with Gasteiger partial charge in [0.25, 0.3) is 0 Å². The second-order valence-corrected chi connectivity index (χ2v) is 2.05. The standard InChI is InChI=1S/C7H9FN2.ClH/c8-4-7(9)6-2-1-3-10-5-6;/h1-3,5,7H,4,9H2;1H/t7-;/m1./s1. The Morgan fingerprint density at radius 1 is 1.64 bits per heavy atom. The number of nitrogens with two attached hydrogens (primary N) is 1. The van der Waals surface area contributed by atoms with E-state index in [-0.39, 0.29) is 12.4 Å². The highest BCUT2D eigenvalue weighted by atomic mass is 35.5. The van der Waals surface area contributed by atoms with Gasteiger partial charge in [-0.25, -0.2) is 4.39 Å². The molecule has 0 aliphatic heterocycles. The third-order valence-electron chi connectivity index (χ3n) is 1.28. The molecule has 0 unspecified atom stereocenters. The Hall–Kier alpha value is -0.670. The lowest BCUT2D eigenvalue weighted by Crippen LogP contribution is -2.11. The monoisotopic (exact) mass is 176 g/mol. The summed E-state index contributed by atoms with van der Waals surface area (Å²) in [5.41, 5.74) is 6.12. The van der Waals surface area contributed by atoms with Crippen LogP contribution in [0.1, 0.15) is 11.6 Å². The van der Waals surface area contributed by atoms with Crippen LogP contribution in [0.3, 0.4) is 0 Å².